The quantitative estimate of drug-likeness (QED) is 0.514. The van der Waals surface area contributed by atoms with Gasteiger partial charge in [0.25, 0.3) is 0 Å². The molecule has 23 heavy (non-hydrogen) atoms. The van der Waals surface area contributed by atoms with E-state index in [1.165, 1.54) is 18.4 Å². The number of unbranched alkanes of at least 4 members (excludes halogenated alkanes) is 1. The molecule has 0 aliphatic heterocycles. The number of rotatable bonds is 10. The lowest BCUT2D eigenvalue weighted by molar-refractivity contribution is -0.142. The second-order valence-electron chi connectivity index (χ2n) is 5.46. The zero-order chi connectivity index (χ0) is 16.9. The van der Waals surface area contributed by atoms with Crippen molar-refractivity contribution in [3.63, 3.8) is 0 Å². The third-order valence-electron chi connectivity index (χ3n) is 3.40. The second kappa shape index (κ2) is 11.5. The number of nitrogens with one attached hydrogen (secondary N) is 2. The first kappa shape index (κ1) is 19.0. The first-order chi connectivity index (χ1) is 11.2. The summed E-state index contributed by atoms with van der Waals surface area (Å²) in [5, 5.41) is 5.33. The van der Waals surface area contributed by atoms with Gasteiger partial charge in [-0.05, 0) is 37.3 Å². The Bertz CT molecular complexity index is 472. The molecule has 2 N–H and O–H groups in total. The maximum Gasteiger partial charge on any atom is 0.314 e. The molecule has 0 saturated carbocycles. The number of esters is 1. The predicted octanol–water partition coefficient (Wildman–Crippen LogP) is 2.82. The summed E-state index contributed by atoms with van der Waals surface area (Å²) in [5.41, 5.74) is 2.27. The highest BCUT2D eigenvalue weighted by atomic mass is 16.5. The van der Waals surface area contributed by atoms with E-state index in [-0.39, 0.29) is 18.4 Å². The van der Waals surface area contributed by atoms with E-state index in [1.807, 2.05) is 19.1 Å². The van der Waals surface area contributed by atoms with Crippen LogP contribution in [0.4, 0.5) is 4.79 Å². The number of hydrogen-bond donors (Lipinski definition) is 2. The third kappa shape index (κ3) is 8.86. The van der Waals surface area contributed by atoms with Gasteiger partial charge in [0, 0.05) is 13.1 Å². The monoisotopic (exact) mass is 320 g/mol. The van der Waals surface area contributed by atoms with Crippen molar-refractivity contribution in [2.45, 2.75) is 46.0 Å². The first-order valence-electron chi connectivity index (χ1n) is 8.40. The van der Waals surface area contributed by atoms with Gasteiger partial charge in [-0.25, -0.2) is 4.79 Å². The van der Waals surface area contributed by atoms with E-state index in [0.29, 0.717) is 26.1 Å². The molecule has 5 nitrogen and oxygen atoms in total. The van der Waals surface area contributed by atoms with Gasteiger partial charge in [0.05, 0.1) is 13.0 Å². The molecule has 0 aromatic heterocycles. The van der Waals surface area contributed by atoms with Gasteiger partial charge < -0.3 is 15.4 Å². The van der Waals surface area contributed by atoms with Gasteiger partial charge in [0.1, 0.15) is 0 Å². The van der Waals surface area contributed by atoms with E-state index in [4.69, 9.17) is 4.74 Å². The van der Waals surface area contributed by atoms with Crippen molar-refractivity contribution in [1.82, 2.24) is 10.6 Å². The summed E-state index contributed by atoms with van der Waals surface area (Å²) in [6.07, 6.45) is 4.35. The Morgan fingerprint density at radius 1 is 1.00 bits per heavy atom. The number of carbonyl (C=O) groups excluding carboxylic acids is 2. The summed E-state index contributed by atoms with van der Waals surface area (Å²) in [5.74, 6) is -0.232. The average molecular weight is 320 g/mol. The van der Waals surface area contributed by atoms with Crippen molar-refractivity contribution in [3.05, 3.63) is 35.4 Å². The number of carbonyl (C=O) groups is 2. The molecule has 0 radical (unpaired) electrons. The molecule has 0 saturated heterocycles. The molecule has 1 rings (SSSR count). The van der Waals surface area contributed by atoms with Crippen LogP contribution in [0.2, 0.25) is 0 Å². The number of urea groups is 1. The largest absolute Gasteiger partial charge is 0.465 e. The molecule has 128 valence electrons. The van der Waals surface area contributed by atoms with Crippen molar-refractivity contribution < 1.29 is 14.3 Å². The Labute approximate surface area is 138 Å². The summed E-state index contributed by atoms with van der Waals surface area (Å²) in [7, 11) is 0. The molecule has 0 unspecified atom stereocenters. The van der Waals surface area contributed by atoms with E-state index in [0.717, 1.165) is 12.0 Å². The minimum Gasteiger partial charge on any atom is -0.465 e. The summed E-state index contributed by atoms with van der Waals surface area (Å²) < 4.78 is 5.17. The molecule has 0 spiro atoms. The van der Waals surface area contributed by atoms with Gasteiger partial charge in [-0.2, -0.15) is 0 Å². The molecule has 1 aromatic rings. The summed E-state index contributed by atoms with van der Waals surface area (Å²) >= 11 is 0. The van der Waals surface area contributed by atoms with Crippen molar-refractivity contribution in [2.24, 2.45) is 0 Å². The smallest absolute Gasteiger partial charge is 0.314 e. The highest BCUT2D eigenvalue weighted by Gasteiger charge is 2.05. The van der Waals surface area contributed by atoms with Crippen LogP contribution in [0, 0.1) is 0 Å². The van der Waals surface area contributed by atoms with E-state index >= 15 is 0 Å². The second-order valence-corrected chi connectivity index (χ2v) is 5.46. The molecule has 1 aromatic carbocycles. The van der Waals surface area contributed by atoms with Gasteiger partial charge in [-0.15, -0.1) is 0 Å². The van der Waals surface area contributed by atoms with Crippen LogP contribution in [0.25, 0.3) is 0 Å². The highest BCUT2D eigenvalue weighted by molar-refractivity contribution is 5.73. The minimum absolute atomic E-state index is 0.193. The molecule has 2 amide bonds. The highest BCUT2D eigenvalue weighted by Crippen LogP contribution is 2.09. The Kier molecular flexibility index (Phi) is 9.52. The molecular weight excluding hydrogens is 292 g/mol. The number of ether oxygens (including phenoxy) is 1. The predicted molar refractivity (Wildman–Crippen MR) is 91.4 cm³/mol. The van der Waals surface area contributed by atoms with Crippen molar-refractivity contribution >= 4 is 12.0 Å². The van der Waals surface area contributed by atoms with Gasteiger partial charge >= 0.3 is 12.0 Å². The van der Waals surface area contributed by atoms with E-state index in [1.54, 1.807) is 0 Å². The molecule has 0 atom stereocenters. The molecule has 0 aliphatic rings. The van der Waals surface area contributed by atoms with Crippen LogP contribution < -0.4 is 10.6 Å². The maximum absolute atomic E-state index is 11.7. The number of aryl methyl sites for hydroxylation is 1. The van der Waals surface area contributed by atoms with Gasteiger partial charge in [0.2, 0.25) is 0 Å². The van der Waals surface area contributed by atoms with Crippen LogP contribution in [0.15, 0.2) is 24.3 Å². The number of benzene rings is 1. The van der Waals surface area contributed by atoms with E-state index in [2.05, 4.69) is 29.7 Å². The van der Waals surface area contributed by atoms with Crippen LogP contribution >= 0.6 is 0 Å². The lowest BCUT2D eigenvalue weighted by Gasteiger charge is -2.07. The summed E-state index contributed by atoms with van der Waals surface area (Å²) in [6.45, 7) is 5.44. The van der Waals surface area contributed by atoms with Crippen LogP contribution in [-0.2, 0) is 22.4 Å². The SMILES string of the molecule is CCCCc1ccc(CC(=O)OCCCNC(=O)NCC)cc1. The van der Waals surface area contributed by atoms with Crippen molar-refractivity contribution in [1.29, 1.82) is 0 Å². The van der Waals surface area contributed by atoms with Crippen LogP contribution in [-0.4, -0.2) is 31.7 Å². The van der Waals surface area contributed by atoms with Crippen molar-refractivity contribution in [2.75, 3.05) is 19.7 Å². The zero-order valence-corrected chi connectivity index (χ0v) is 14.2. The molecule has 0 heterocycles. The Morgan fingerprint density at radius 3 is 2.35 bits per heavy atom. The lowest BCUT2D eigenvalue weighted by atomic mass is 10.1. The fourth-order valence-corrected chi connectivity index (χ4v) is 2.11. The van der Waals surface area contributed by atoms with E-state index < -0.39 is 0 Å². The first-order valence-corrected chi connectivity index (χ1v) is 8.40. The fourth-order valence-electron chi connectivity index (χ4n) is 2.11. The van der Waals surface area contributed by atoms with Crippen LogP contribution in [0.5, 0.6) is 0 Å². The normalized spacial score (nSPS) is 10.2. The lowest BCUT2D eigenvalue weighted by Crippen LogP contribution is -2.36. The fraction of sp³-hybridized carbons (Fsp3) is 0.556. The Balaban J connectivity index is 2.17. The minimum atomic E-state index is -0.232. The Hall–Kier alpha value is -2.04. The number of amides is 2. The topological polar surface area (TPSA) is 67.4 Å². The molecule has 5 heteroatoms. The van der Waals surface area contributed by atoms with E-state index in [9.17, 15) is 9.59 Å². The van der Waals surface area contributed by atoms with Gasteiger partial charge in [-0.1, -0.05) is 37.6 Å². The summed E-state index contributed by atoms with van der Waals surface area (Å²) in [4.78, 5) is 22.9. The van der Waals surface area contributed by atoms with Crippen LogP contribution in [0.3, 0.4) is 0 Å². The summed E-state index contributed by atoms with van der Waals surface area (Å²) in [6, 6.07) is 7.94. The standard InChI is InChI=1S/C18H28N2O3/c1-3-5-7-15-8-10-16(11-9-15)14-17(21)23-13-6-12-20-18(22)19-4-2/h8-11H,3-7,12-14H2,1-2H3,(H2,19,20,22). The van der Waals surface area contributed by atoms with Gasteiger partial charge in [-0.3, -0.25) is 4.79 Å². The van der Waals surface area contributed by atoms with Crippen molar-refractivity contribution in [3.8, 4) is 0 Å². The van der Waals surface area contributed by atoms with Gasteiger partial charge in [0.15, 0.2) is 0 Å². The number of hydrogen-bond acceptors (Lipinski definition) is 3. The average Bonchev–Trinajstić information content (AvgIpc) is 2.54. The molecule has 0 aliphatic carbocycles. The van der Waals surface area contributed by atoms with Crippen LogP contribution in [0.1, 0.15) is 44.2 Å². The Morgan fingerprint density at radius 2 is 1.70 bits per heavy atom. The zero-order valence-electron chi connectivity index (χ0n) is 14.2. The molecule has 0 bridgehead atoms. The third-order valence-corrected chi connectivity index (χ3v) is 3.40. The molecular formula is C18H28N2O3. The molecule has 0 fully saturated rings. The maximum atomic E-state index is 11.7.